The first kappa shape index (κ1) is 18.9. The summed E-state index contributed by atoms with van der Waals surface area (Å²) in [5.41, 5.74) is 6.14. The van der Waals surface area contributed by atoms with Crippen molar-refractivity contribution in [1.29, 1.82) is 0 Å². The molecule has 0 unspecified atom stereocenters. The molecular weight excluding hydrogens is 372 g/mol. The summed E-state index contributed by atoms with van der Waals surface area (Å²) in [4.78, 5) is 6.24. The minimum Gasteiger partial charge on any atom is -0.497 e. The van der Waals surface area contributed by atoms with E-state index in [9.17, 15) is 0 Å². The Balaban J connectivity index is 1.73. The second-order valence-corrected chi connectivity index (χ2v) is 7.65. The van der Waals surface area contributed by atoms with E-state index < -0.39 is 0 Å². The first-order valence-corrected chi connectivity index (χ1v) is 10.5. The van der Waals surface area contributed by atoms with E-state index in [1.165, 1.54) is 27.8 Å². The van der Waals surface area contributed by atoms with E-state index >= 15 is 0 Å². The second-order valence-electron chi connectivity index (χ2n) is 7.65. The number of morpholine rings is 1. The van der Waals surface area contributed by atoms with Gasteiger partial charge in [0.25, 0.3) is 0 Å². The van der Waals surface area contributed by atoms with Gasteiger partial charge in [0.1, 0.15) is 5.75 Å². The molecule has 0 radical (unpaired) electrons. The Morgan fingerprint density at radius 1 is 0.867 bits per heavy atom. The maximum Gasteiger partial charge on any atom is 0.118 e. The molecule has 1 aromatic heterocycles. The third kappa shape index (κ3) is 3.49. The number of benzene rings is 3. The molecule has 0 aliphatic carbocycles. The fourth-order valence-corrected chi connectivity index (χ4v) is 4.46. The zero-order valence-electron chi connectivity index (χ0n) is 17.2. The molecule has 1 aliphatic heterocycles. The zero-order chi connectivity index (χ0) is 20.3. The smallest absolute Gasteiger partial charge is 0.118 e. The minimum atomic E-state index is 0.131. The van der Waals surface area contributed by atoms with Gasteiger partial charge in [-0.3, -0.25) is 4.90 Å². The van der Waals surface area contributed by atoms with Crippen LogP contribution in [0.25, 0.3) is 22.2 Å². The molecule has 0 bridgehead atoms. The number of nitrogens with one attached hydrogen (secondary N) is 1. The van der Waals surface area contributed by atoms with E-state index in [1.807, 2.05) is 0 Å². The number of ether oxygens (including phenoxy) is 2. The van der Waals surface area contributed by atoms with Crippen molar-refractivity contribution in [2.75, 3.05) is 33.4 Å². The van der Waals surface area contributed by atoms with Crippen LogP contribution in [0.4, 0.5) is 0 Å². The summed E-state index contributed by atoms with van der Waals surface area (Å²) in [6.07, 6.45) is 0. The van der Waals surface area contributed by atoms with Crippen LogP contribution in [-0.2, 0) is 4.74 Å². The predicted molar refractivity (Wildman–Crippen MR) is 121 cm³/mol. The van der Waals surface area contributed by atoms with E-state index in [2.05, 4.69) is 88.7 Å². The lowest BCUT2D eigenvalue weighted by atomic mass is 9.92. The molecule has 152 valence electrons. The second kappa shape index (κ2) is 8.34. The lowest BCUT2D eigenvalue weighted by Crippen LogP contribution is -2.39. The van der Waals surface area contributed by atoms with E-state index in [1.54, 1.807) is 7.11 Å². The molecule has 0 spiro atoms. The molecule has 0 saturated carbocycles. The number of nitrogens with zero attached hydrogens (tertiary/aromatic N) is 1. The summed E-state index contributed by atoms with van der Waals surface area (Å²) < 4.78 is 11.1. The van der Waals surface area contributed by atoms with Gasteiger partial charge < -0.3 is 14.5 Å². The fourth-order valence-electron chi connectivity index (χ4n) is 4.46. The third-order valence-corrected chi connectivity index (χ3v) is 5.92. The number of para-hydroxylation sites is 1. The van der Waals surface area contributed by atoms with Gasteiger partial charge in [-0.1, -0.05) is 60.7 Å². The molecule has 1 saturated heterocycles. The van der Waals surface area contributed by atoms with Crippen molar-refractivity contribution in [2.45, 2.75) is 6.04 Å². The number of rotatable bonds is 5. The van der Waals surface area contributed by atoms with Crippen LogP contribution < -0.4 is 4.74 Å². The lowest BCUT2D eigenvalue weighted by molar-refractivity contribution is 0.0243. The van der Waals surface area contributed by atoms with Crippen LogP contribution in [-0.4, -0.2) is 43.3 Å². The monoisotopic (exact) mass is 398 g/mol. The SMILES string of the molecule is COc1ccc([C@H](c2c(-c3ccccc3)[nH]c3ccccc23)N2CCOCC2)cc1. The molecule has 1 aliphatic rings. The number of fused-ring (bicyclic) bond motifs is 1. The van der Waals surface area contributed by atoms with Crippen molar-refractivity contribution < 1.29 is 9.47 Å². The number of hydrogen-bond donors (Lipinski definition) is 1. The molecule has 5 rings (SSSR count). The maximum absolute atomic E-state index is 5.67. The van der Waals surface area contributed by atoms with Crippen molar-refractivity contribution in [2.24, 2.45) is 0 Å². The molecule has 4 aromatic rings. The normalized spacial score (nSPS) is 15.9. The van der Waals surface area contributed by atoms with Gasteiger partial charge in [0.05, 0.1) is 32.1 Å². The Labute approximate surface area is 177 Å². The topological polar surface area (TPSA) is 37.5 Å². The van der Waals surface area contributed by atoms with Crippen LogP contribution in [0.1, 0.15) is 17.2 Å². The highest BCUT2D eigenvalue weighted by Crippen LogP contribution is 2.41. The Hall–Kier alpha value is -3.08. The third-order valence-electron chi connectivity index (χ3n) is 5.92. The molecule has 0 amide bonds. The molecule has 4 nitrogen and oxygen atoms in total. The summed E-state index contributed by atoms with van der Waals surface area (Å²) in [6.45, 7) is 3.33. The average Bonchev–Trinajstić information content (AvgIpc) is 3.20. The predicted octanol–water partition coefficient (Wildman–Crippen LogP) is 5.27. The van der Waals surface area contributed by atoms with Crippen molar-refractivity contribution in [1.82, 2.24) is 9.88 Å². The summed E-state index contributed by atoms with van der Waals surface area (Å²) in [5.74, 6) is 0.877. The molecule has 30 heavy (non-hydrogen) atoms. The van der Waals surface area contributed by atoms with Crippen LogP contribution >= 0.6 is 0 Å². The maximum atomic E-state index is 5.67. The standard InChI is InChI=1S/C26H26N2O2/c1-29-21-13-11-20(12-14-21)26(28-15-17-30-18-16-28)24-22-9-5-6-10-23(22)27-25(24)19-7-3-2-4-8-19/h2-14,26-27H,15-18H2,1H3/t26-/m1/s1. The Morgan fingerprint density at radius 3 is 2.30 bits per heavy atom. The lowest BCUT2D eigenvalue weighted by Gasteiger charge is -2.35. The van der Waals surface area contributed by atoms with Crippen molar-refractivity contribution >= 4 is 10.9 Å². The summed E-state index contributed by atoms with van der Waals surface area (Å²) in [7, 11) is 1.71. The molecule has 1 N–H and O–H groups in total. The highest BCUT2D eigenvalue weighted by atomic mass is 16.5. The van der Waals surface area contributed by atoms with Crippen molar-refractivity contribution in [3.05, 3.63) is 90.0 Å². The number of aromatic amines is 1. The first-order chi connectivity index (χ1) is 14.8. The molecule has 4 heteroatoms. The minimum absolute atomic E-state index is 0.131. The van der Waals surface area contributed by atoms with Gasteiger partial charge >= 0.3 is 0 Å². The number of hydrogen-bond acceptors (Lipinski definition) is 3. The van der Waals surface area contributed by atoms with Gasteiger partial charge in [0.15, 0.2) is 0 Å². The average molecular weight is 399 g/mol. The van der Waals surface area contributed by atoms with Crippen molar-refractivity contribution in [3.8, 4) is 17.0 Å². The Kier molecular flexibility index (Phi) is 5.26. The zero-order valence-corrected chi connectivity index (χ0v) is 17.2. The van der Waals surface area contributed by atoms with E-state index in [0.29, 0.717) is 0 Å². The molecule has 3 aromatic carbocycles. The quantitative estimate of drug-likeness (QED) is 0.498. The van der Waals surface area contributed by atoms with Gasteiger partial charge in [-0.15, -0.1) is 0 Å². The van der Waals surface area contributed by atoms with E-state index in [4.69, 9.17) is 9.47 Å². The van der Waals surface area contributed by atoms with Gasteiger partial charge in [0.2, 0.25) is 0 Å². The van der Waals surface area contributed by atoms with Crippen LogP contribution in [0.5, 0.6) is 5.75 Å². The van der Waals surface area contributed by atoms with Gasteiger partial charge in [0, 0.05) is 29.6 Å². The highest BCUT2D eigenvalue weighted by Gasteiger charge is 2.29. The fraction of sp³-hybridized carbons (Fsp3) is 0.231. The van der Waals surface area contributed by atoms with Gasteiger partial charge in [-0.05, 0) is 29.3 Å². The van der Waals surface area contributed by atoms with Gasteiger partial charge in [-0.25, -0.2) is 0 Å². The van der Waals surface area contributed by atoms with Crippen LogP contribution in [0.15, 0.2) is 78.9 Å². The largest absolute Gasteiger partial charge is 0.497 e. The Morgan fingerprint density at radius 2 is 1.57 bits per heavy atom. The molecule has 1 fully saturated rings. The molecular formula is C26H26N2O2. The number of methoxy groups -OCH3 is 1. The number of H-pyrrole nitrogens is 1. The summed E-state index contributed by atoms with van der Waals surface area (Å²) >= 11 is 0. The summed E-state index contributed by atoms with van der Waals surface area (Å²) in [6, 6.07) is 27.8. The van der Waals surface area contributed by atoms with Crippen LogP contribution in [0.2, 0.25) is 0 Å². The first-order valence-electron chi connectivity index (χ1n) is 10.5. The summed E-state index contributed by atoms with van der Waals surface area (Å²) in [5, 5.41) is 1.27. The molecule has 2 heterocycles. The van der Waals surface area contributed by atoms with Crippen LogP contribution in [0, 0.1) is 0 Å². The highest BCUT2D eigenvalue weighted by molar-refractivity contribution is 5.91. The number of aromatic nitrogens is 1. The van der Waals surface area contributed by atoms with E-state index in [-0.39, 0.29) is 6.04 Å². The van der Waals surface area contributed by atoms with Crippen molar-refractivity contribution in [3.63, 3.8) is 0 Å². The Bertz CT molecular complexity index is 1110. The van der Waals surface area contributed by atoms with Gasteiger partial charge in [-0.2, -0.15) is 0 Å². The van der Waals surface area contributed by atoms with Crippen LogP contribution in [0.3, 0.4) is 0 Å². The molecule has 1 atom stereocenters. The van der Waals surface area contributed by atoms with E-state index in [0.717, 1.165) is 37.6 Å².